The van der Waals surface area contributed by atoms with Crippen molar-refractivity contribution >= 4 is 19.5 Å². The van der Waals surface area contributed by atoms with E-state index in [0.717, 1.165) is 0 Å². The Morgan fingerprint density at radius 1 is 1.04 bits per heavy atom. The first kappa shape index (κ1) is 20.1. The zero-order valence-corrected chi connectivity index (χ0v) is 15.4. The maximum Gasteiger partial charge on any atom is 0.330 e. The zero-order valence-electron chi connectivity index (χ0n) is 14.5. The average Bonchev–Trinajstić information content (AvgIpc) is 2.83. The maximum absolute atomic E-state index is 12.7. The van der Waals surface area contributed by atoms with E-state index in [2.05, 4.69) is 0 Å². The number of methoxy groups -OCH3 is 2. The van der Waals surface area contributed by atoms with E-state index in [0.29, 0.717) is 6.42 Å². The van der Waals surface area contributed by atoms with Gasteiger partial charge in [0.05, 0.1) is 33.6 Å². The molecule has 7 nitrogen and oxygen atoms in total. The smallest absolute Gasteiger partial charge is 0.330 e. The van der Waals surface area contributed by atoms with Crippen molar-refractivity contribution < 1.29 is 32.7 Å². The quantitative estimate of drug-likeness (QED) is 0.378. The van der Waals surface area contributed by atoms with Gasteiger partial charge in [-0.15, -0.1) is 0 Å². The summed E-state index contributed by atoms with van der Waals surface area (Å²) < 4.78 is 33.0. The maximum atomic E-state index is 12.7. The second kappa shape index (κ2) is 8.27. The van der Waals surface area contributed by atoms with Gasteiger partial charge in [-0.05, 0) is 38.5 Å². The monoisotopic (exact) mass is 350 g/mol. The summed E-state index contributed by atoms with van der Waals surface area (Å²) in [4.78, 5) is 24.4. The molecule has 0 aromatic heterocycles. The Kier molecular flexibility index (Phi) is 7.24. The van der Waals surface area contributed by atoms with Crippen molar-refractivity contribution in [3.8, 4) is 0 Å². The fourth-order valence-corrected chi connectivity index (χ4v) is 5.46. The molecule has 2 unspecified atom stereocenters. The van der Waals surface area contributed by atoms with Gasteiger partial charge in [0.25, 0.3) is 0 Å². The average molecular weight is 350 g/mol. The molecule has 0 aromatic carbocycles. The normalized spacial score (nSPS) is 23.5. The van der Waals surface area contributed by atoms with Gasteiger partial charge in [0.2, 0.25) is 0 Å². The molecule has 0 aliphatic heterocycles. The molecule has 0 heterocycles. The van der Waals surface area contributed by atoms with Crippen molar-refractivity contribution in [1.29, 1.82) is 0 Å². The van der Waals surface area contributed by atoms with Crippen LogP contribution in [0.4, 0.5) is 0 Å². The van der Waals surface area contributed by atoms with Crippen LogP contribution in [0.2, 0.25) is 0 Å². The van der Waals surface area contributed by atoms with E-state index in [9.17, 15) is 14.2 Å². The minimum Gasteiger partial charge on any atom is -0.468 e. The van der Waals surface area contributed by atoms with Gasteiger partial charge in [-0.2, -0.15) is 0 Å². The summed E-state index contributed by atoms with van der Waals surface area (Å²) in [6.45, 7) is 5.96. The van der Waals surface area contributed by atoms with E-state index in [1.54, 1.807) is 13.8 Å². The first-order valence-electron chi connectivity index (χ1n) is 7.83. The predicted molar refractivity (Wildman–Crippen MR) is 84.1 cm³/mol. The highest BCUT2D eigenvalue weighted by Crippen LogP contribution is 2.56. The molecule has 1 aliphatic carbocycles. The highest BCUT2D eigenvalue weighted by atomic mass is 31.2. The molecule has 0 radical (unpaired) electrons. The molecule has 0 amide bonds. The Hall–Kier alpha value is -0.910. The van der Waals surface area contributed by atoms with Crippen LogP contribution in [0.5, 0.6) is 0 Å². The minimum absolute atomic E-state index is 0.0116. The lowest BCUT2D eigenvalue weighted by Gasteiger charge is -2.24. The van der Waals surface area contributed by atoms with E-state index in [4.69, 9.17) is 18.5 Å². The fourth-order valence-electron chi connectivity index (χ4n) is 3.32. The van der Waals surface area contributed by atoms with Crippen LogP contribution in [0.3, 0.4) is 0 Å². The summed E-state index contributed by atoms with van der Waals surface area (Å²) in [6, 6.07) is 0. The molecule has 8 heteroatoms. The standard InChI is InChI=1S/C15H27O7P/c1-6-21-23(18,22-7-2)10-12-9-15(8-11(12)3,13(16)19-4)14(17)20-5/h11-12H,6-10H2,1-5H3. The van der Waals surface area contributed by atoms with Crippen LogP contribution < -0.4 is 0 Å². The van der Waals surface area contributed by atoms with Gasteiger partial charge in [0, 0.05) is 0 Å². The number of hydrogen-bond donors (Lipinski definition) is 0. The number of rotatable bonds is 8. The van der Waals surface area contributed by atoms with Gasteiger partial charge < -0.3 is 18.5 Å². The molecular formula is C15H27O7P. The molecular weight excluding hydrogens is 323 g/mol. The molecule has 2 atom stereocenters. The molecule has 23 heavy (non-hydrogen) atoms. The van der Waals surface area contributed by atoms with Crippen molar-refractivity contribution in [1.82, 2.24) is 0 Å². The lowest BCUT2D eigenvalue weighted by atomic mass is 9.85. The molecule has 1 rings (SSSR count). The van der Waals surface area contributed by atoms with E-state index >= 15 is 0 Å². The SMILES string of the molecule is CCOP(=O)(CC1CC(C(=O)OC)(C(=O)OC)CC1C)OCC. The number of ether oxygens (including phenoxy) is 2. The van der Waals surface area contributed by atoms with Gasteiger partial charge in [0.1, 0.15) is 0 Å². The van der Waals surface area contributed by atoms with Crippen molar-refractivity contribution in [2.75, 3.05) is 33.6 Å². The predicted octanol–water partition coefficient (Wildman–Crippen LogP) is 2.63. The van der Waals surface area contributed by atoms with Crippen molar-refractivity contribution in [3.05, 3.63) is 0 Å². The van der Waals surface area contributed by atoms with Crippen molar-refractivity contribution in [2.24, 2.45) is 17.3 Å². The second-order valence-electron chi connectivity index (χ2n) is 5.84. The molecule has 1 aliphatic rings. The van der Waals surface area contributed by atoms with Crippen LogP contribution in [0.15, 0.2) is 0 Å². The van der Waals surface area contributed by atoms with Gasteiger partial charge >= 0.3 is 19.5 Å². The highest BCUT2D eigenvalue weighted by molar-refractivity contribution is 7.53. The van der Waals surface area contributed by atoms with E-state index in [-0.39, 0.29) is 37.6 Å². The number of esters is 2. The molecule has 0 bridgehead atoms. The summed E-state index contributed by atoms with van der Waals surface area (Å²) in [6.07, 6.45) is 0.693. The van der Waals surface area contributed by atoms with Crippen LogP contribution in [0.1, 0.15) is 33.6 Å². The summed E-state index contributed by atoms with van der Waals surface area (Å²) in [5.74, 6) is -1.39. The topological polar surface area (TPSA) is 88.1 Å². The third kappa shape index (κ3) is 4.34. The lowest BCUT2D eigenvalue weighted by molar-refractivity contribution is -0.169. The van der Waals surface area contributed by atoms with Gasteiger partial charge in [-0.3, -0.25) is 14.2 Å². The number of carbonyl (C=O) groups is 2. The molecule has 1 fully saturated rings. The molecule has 1 saturated carbocycles. The van der Waals surface area contributed by atoms with Crippen LogP contribution in [-0.4, -0.2) is 45.5 Å². The summed E-state index contributed by atoms with van der Waals surface area (Å²) in [7, 11) is -0.751. The molecule has 0 saturated heterocycles. The summed E-state index contributed by atoms with van der Waals surface area (Å²) in [5.41, 5.74) is -1.34. The van der Waals surface area contributed by atoms with Gasteiger partial charge in [-0.1, -0.05) is 6.92 Å². The molecule has 134 valence electrons. The molecule has 0 N–H and O–H groups in total. The second-order valence-corrected chi connectivity index (χ2v) is 7.94. The Morgan fingerprint density at radius 2 is 1.52 bits per heavy atom. The van der Waals surface area contributed by atoms with Crippen molar-refractivity contribution in [2.45, 2.75) is 33.6 Å². The number of hydrogen-bond acceptors (Lipinski definition) is 7. The summed E-state index contributed by atoms with van der Waals surface area (Å²) >= 11 is 0. The van der Waals surface area contributed by atoms with Crippen LogP contribution in [-0.2, 0) is 32.7 Å². The molecule has 0 aromatic rings. The zero-order chi connectivity index (χ0) is 17.7. The fraction of sp³-hybridized carbons (Fsp3) is 0.867. The first-order valence-corrected chi connectivity index (χ1v) is 9.56. The van der Waals surface area contributed by atoms with Gasteiger partial charge in [0.15, 0.2) is 5.41 Å². The highest BCUT2D eigenvalue weighted by Gasteiger charge is 2.57. The van der Waals surface area contributed by atoms with Crippen molar-refractivity contribution in [3.63, 3.8) is 0 Å². The minimum atomic E-state index is -3.24. The Morgan fingerprint density at radius 3 is 1.91 bits per heavy atom. The lowest BCUT2D eigenvalue weighted by Crippen LogP contribution is -2.39. The van der Waals surface area contributed by atoms with E-state index in [1.807, 2.05) is 6.92 Å². The third-order valence-corrected chi connectivity index (χ3v) is 6.57. The third-order valence-electron chi connectivity index (χ3n) is 4.35. The summed E-state index contributed by atoms with van der Waals surface area (Å²) in [5, 5.41) is 0. The molecule has 0 spiro atoms. The Bertz CT molecular complexity index is 450. The van der Waals surface area contributed by atoms with Gasteiger partial charge in [-0.25, -0.2) is 0 Å². The van der Waals surface area contributed by atoms with Crippen LogP contribution in [0.25, 0.3) is 0 Å². The van der Waals surface area contributed by atoms with E-state index in [1.165, 1.54) is 14.2 Å². The first-order chi connectivity index (χ1) is 10.8. The Labute approximate surface area is 137 Å². The Balaban J connectivity index is 3.01. The largest absolute Gasteiger partial charge is 0.468 e. The van der Waals surface area contributed by atoms with E-state index < -0.39 is 24.9 Å². The van der Waals surface area contributed by atoms with Crippen LogP contribution in [0, 0.1) is 17.3 Å². The van der Waals surface area contributed by atoms with Crippen LogP contribution >= 0.6 is 7.60 Å². The number of carbonyl (C=O) groups excluding carboxylic acids is 2.